The highest BCUT2D eigenvalue weighted by Crippen LogP contribution is 2.41. The molecule has 1 aromatic heterocycles. The molecule has 150 valence electrons. The van der Waals surface area contributed by atoms with Crippen molar-refractivity contribution in [1.29, 1.82) is 0 Å². The van der Waals surface area contributed by atoms with Gasteiger partial charge < -0.3 is 18.6 Å². The van der Waals surface area contributed by atoms with Crippen LogP contribution in [0.15, 0.2) is 71.1 Å². The van der Waals surface area contributed by atoms with Crippen molar-refractivity contribution in [2.75, 3.05) is 0 Å². The van der Waals surface area contributed by atoms with E-state index in [1.54, 1.807) is 26.0 Å². The average Bonchev–Trinajstić information content (AvgIpc) is 3.03. The van der Waals surface area contributed by atoms with Gasteiger partial charge in [-0.05, 0) is 65.1 Å². The summed E-state index contributed by atoms with van der Waals surface area (Å²) in [4.78, 5) is 12.4. The highest BCUT2D eigenvalue weighted by Gasteiger charge is 2.35. The van der Waals surface area contributed by atoms with Crippen LogP contribution < -0.4 is 9.47 Å². The van der Waals surface area contributed by atoms with Gasteiger partial charge in [-0.2, -0.15) is 0 Å². The van der Waals surface area contributed by atoms with Gasteiger partial charge in [0.1, 0.15) is 34.2 Å². The molecule has 5 nitrogen and oxygen atoms in total. The molecular formula is C24H17IO5. The fourth-order valence-electron chi connectivity index (χ4n) is 3.39. The minimum Gasteiger partial charge on any atom is -0.457 e. The van der Waals surface area contributed by atoms with E-state index in [-0.39, 0.29) is 0 Å². The van der Waals surface area contributed by atoms with Crippen molar-refractivity contribution in [3.63, 3.8) is 0 Å². The Balaban J connectivity index is 1.50. The van der Waals surface area contributed by atoms with E-state index in [4.69, 9.17) is 18.6 Å². The number of furan rings is 1. The van der Waals surface area contributed by atoms with Crippen LogP contribution in [0.1, 0.15) is 24.2 Å². The molecule has 0 N–H and O–H groups in total. The van der Waals surface area contributed by atoms with Crippen LogP contribution in [0.25, 0.3) is 22.3 Å². The van der Waals surface area contributed by atoms with E-state index >= 15 is 0 Å². The fourth-order valence-corrected chi connectivity index (χ4v) is 4.23. The van der Waals surface area contributed by atoms with E-state index in [0.29, 0.717) is 16.9 Å². The summed E-state index contributed by atoms with van der Waals surface area (Å²) in [5.41, 5.74) is 1.97. The van der Waals surface area contributed by atoms with Crippen LogP contribution in [0.4, 0.5) is 0 Å². The van der Waals surface area contributed by atoms with Gasteiger partial charge >= 0.3 is 5.97 Å². The molecule has 0 unspecified atom stereocenters. The third-order valence-corrected chi connectivity index (χ3v) is 5.81. The van der Waals surface area contributed by atoms with Gasteiger partial charge in [0, 0.05) is 30.9 Å². The molecule has 5 rings (SSSR count). The first-order chi connectivity index (χ1) is 14.4. The lowest BCUT2D eigenvalue weighted by molar-refractivity contribution is -0.127. The first-order valence-corrected chi connectivity index (χ1v) is 10.5. The number of fused-ring (bicyclic) bond motifs is 2. The maximum Gasteiger partial charge on any atom is 0.345 e. The summed E-state index contributed by atoms with van der Waals surface area (Å²) in [6, 6.07) is 20.9. The number of hydrogen-bond acceptors (Lipinski definition) is 5. The second-order valence-corrected chi connectivity index (χ2v) is 8.50. The molecule has 4 aromatic rings. The van der Waals surface area contributed by atoms with E-state index < -0.39 is 11.8 Å². The molecule has 1 aliphatic heterocycles. The number of carbonyl (C=O) groups is 1. The van der Waals surface area contributed by atoms with Gasteiger partial charge in [-0.3, -0.25) is 0 Å². The van der Waals surface area contributed by atoms with Crippen molar-refractivity contribution in [2.24, 2.45) is 0 Å². The Morgan fingerprint density at radius 3 is 2.33 bits per heavy atom. The summed E-state index contributed by atoms with van der Waals surface area (Å²) in [6.07, 6.45) is 0. The molecule has 2 heterocycles. The highest BCUT2D eigenvalue weighted by atomic mass is 127. The van der Waals surface area contributed by atoms with Gasteiger partial charge in [0.2, 0.25) is 5.79 Å². The first-order valence-electron chi connectivity index (χ1n) is 9.41. The summed E-state index contributed by atoms with van der Waals surface area (Å²) in [6.45, 7) is 3.41. The van der Waals surface area contributed by atoms with Crippen molar-refractivity contribution in [3.8, 4) is 28.6 Å². The van der Waals surface area contributed by atoms with Gasteiger partial charge in [0.25, 0.3) is 0 Å². The van der Waals surface area contributed by atoms with E-state index in [1.165, 1.54) is 0 Å². The van der Waals surface area contributed by atoms with Crippen molar-refractivity contribution in [1.82, 2.24) is 0 Å². The number of halogens is 1. The summed E-state index contributed by atoms with van der Waals surface area (Å²) >= 11 is 2.24. The van der Waals surface area contributed by atoms with Crippen LogP contribution >= 0.6 is 22.6 Å². The second kappa shape index (κ2) is 7.05. The smallest absolute Gasteiger partial charge is 0.345 e. The number of para-hydroxylation sites is 1. The van der Waals surface area contributed by atoms with Gasteiger partial charge in [0.05, 0.1) is 3.57 Å². The van der Waals surface area contributed by atoms with Crippen molar-refractivity contribution >= 4 is 39.5 Å². The molecule has 0 fully saturated rings. The molecule has 6 heteroatoms. The van der Waals surface area contributed by atoms with Gasteiger partial charge in [-0.25, -0.2) is 4.79 Å². The molecule has 0 spiro atoms. The second-order valence-electron chi connectivity index (χ2n) is 7.42. The lowest BCUT2D eigenvalue weighted by Crippen LogP contribution is -2.38. The third-order valence-electron chi connectivity index (χ3n) is 4.74. The fraction of sp³-hybridized carbons (Fsp3) is 0.125. The van der Waals surface area contributed by atoms with Crippen LogP contribution in [0.3, 0.4) is 0 Å². The molecular weight excluding hydrogens is 495 g/mol. The number of cyclic esters (lactones) is 1. The summed E-state index contributed by atoms with van der Waals surface area (Å²) in [5.74, 6) is 1.31. The minimum absolute atomic E-state index is 0.399. The van der Waals surface area contributed by atoms with Crippen molar-refractivity contribution in [2.45, 2.75) is 19.6 Å². The zero-order chi connectivity index (χ0) is 20.9. The van der Waals surface area contributed by atoms with Crippen LogP contribution in [-0.2, 0) is 4.74 Å². The average molecular weight is 512 g/mol. The Kier molecular flexibility index (Phi) is 4.47. The summed E-state index contributed by atoms with van der Waals surface area (Å²) < 4.78 is 24.0. The van der Waals surface area contributed by atoms with E-state index in [1.807, 2.05) is 54.6 Å². The largest absolute Gasteiger partial charge is 0.457 e. The topological polar surface area (TPSA) is 57.9 Å². The Bertz CT molecular complexity index is 1260. The Labute approximate surface area is 186 Å². The maximum absolute atomic E-state index is 12.4. The lowest BCUT2D eigenvalue weighted by atomic mass is 10.1. The summed E-state index contributed by atoms with van der Waals surface area (Å²) in [7, 11) is 0. The van der Waals surface area contributed by atoms with Gasteiger partial charge in [-0.1, -0.05) is 18.2 Å². The zero-order valence-electron chi connectivity index (χ0n) is 16.3. The Hall–Kier alpha value is -3.00. The molecule has 3 aromatic carbocycles. The molecule has 1 aliphatic rings. The molecule has 0 radical (unpaired) electrons. The van der Waals surface area contributed by atoms with Crippen molar-refractivity contribution in [3.05, 3.63) is 75.9 Å². The molecule has 0 saturated heterocycles. The third kappa shape index (κ3) is 3.41. The molecule has 0 saturated carbocycles. The monoisotopic (exact) mass is 512 g/mol. The summed E-state index contributed by atoms with van der Waals surface area (Å²) in [5, 5.41) is 0.842. The predicted molar refractivity (Wildman–Crippen MR) is 121 cm³/mol. The molecule has 0 aliphatic carbocycles. The zero-order valence-corrected chi connectivity index (χ0v) is 18.4. The number of benzene rings is 3. The van der Waals surface area contributed by atoms with Gasteiger partial charge in [-0.15, -0.1) is 0 Å². The Morgan fingerprint density at radius 2 is 1.60 bits per heavy atom. The molecule has 0 bridgehead atoms. The van der Waals surface area contributed by atoms with Crippen LogP contribution in [-0.4, -0.2) is 11.8 Å². The van der Waals surface area contributed by atoms with E-state index in [2.05, 4.69) is 22.6 Å². The number of carbonyl (C=O) groups excluding carboxylic acids is 1. The molecule has 0 atom stereocenters. The number of hydrogen-bond donors (Lipinski definition) is 0. The first kappa shape index (κ1) is 19.0. The van der Waals surface area contributed by atoms with E-state index in [9.17, 15) is 4.79 Å². The minimum atomic E-state index is -1.01. The van der Waals surface area contributed by atoms with Gasteiger partial charge in [0.15, 0.2) is 0 Å². The SMILES string of the molecule is CC1(C)OC(=O)c2cc3c(I)c(-c4ccc(Oc5ccccc5)cc4)oc3cc2O1. The van der Waals surface area contributed by atoms with Crippen LogP contribution in [0, 0.1) is 3.57 Å². The quantitative estimate of drug-likeness (QED) is 0.224. The van der Waals surface area contributed by atoms with E-state index in [0.717, 1.165) is 31.8 Å². The van der Waals surface area contributed by atoms with Crippen LogP contribution in [0.5, 0.6) is 17.2 Å². The number of ether oxygens (including phenoxy) is 3. The maximum atomic E-state index is 12.4. The number of esters is 1. The molecule has 30 heavy (non-hydrogen) atoms. The Morgan fingerprint density at radius 1 is 0.900 bits per heavy atom. The predicted octanol–water partition coefficient (Wildman–Crippen LogP) is 6.78. The van der Waals surface area contributed by atoms with Crippen LogP contribution in [0.2, 0.25) is 0 Å². The standard InChI is InChI=1S/C24H17IO5/c1-24(2)29-20-13-19-17(12-18(20)23(26)30-24)21(25)22(28-19)14-8-10-16(11-9-14)27-15-6-4-3-5-7-15/h3-13H,1-2H3. The lowest BCUT2D eigenvalue weighted by Gasteiger charge is -2.31. The highest BCUT2D eigenvalue weighted by molar-refractivity contribution is 14.1. The molecule has 0 amide bonds. The number of rotatable bonds is 3. The van der Waals surface area contributed by atoms with Crippen molar-refractivity contribution < 1.29 is 23.4 Å². The normalized spacial score (nSPS) is 14.7.